The first kappa shape index (κ1) is 15.9. The van der Waals surface area contributed by atoms with Crippen molar-refractivity contribution in [2.45, 2.75) is 12.8 Å². The number of carbonyl (C=O) groups is 1. The van der Waals surface area contributed by atoms with Gasteiger partial charge in [0.1, 0.15) is 11.5 Å². The number of rotatable bonds is 7. The first-order valence-electron chi connectivity index (χ1n) is 7.98. The van der Waals surface area contributed by atoms with Gasteiger partial charge < -0.3 is 10.6 Å². The summed E-state index contributed by atoms with van der Waals surface area (Å²) in [4.78, 5) is 24.9. The van der Waals surface area contributed by atoms with E-state index in [-0.39, 0.29) is 5.91 Å². The second-order valence-corrected chi connectivity index (χ2v) is 5.35. The molecule has 6 heteroatoms. The van der Waals surface area contributed by atoms with Gasteiger partial charge in [-0.1, -0.05) is 18.2 Å². The summed E-state index contributed by atoms with van der Waals surface area (Å²) in [6.45, 7) is 1.43. The van der Waals surface area contributed by atoms with Crippen LogP contribution in [0.3, 0.4) is 0 Å². The quantitative estimate of drug-likeness (QED) is 0.654. The van der Waals surface area contributed by atoms with E-state index in [0.717, 1.165) is 36.2 Å². The molecule has 6 nitrogen and oxygen atoms in total. The molecule has 2 heterocycles. The summed E-state index contributed by atoms with van der Waals surface area (Å²) in [6.07, 6.45) is 5.10. The number of nitrogens with zero attached hydrogens (tertiary/aromatic N) is 3. The van der Waals surface area contributed by atoms with Gasteiger partial charge in [0, 0.05) is 19.3 Å². The molecule has 1 amide bonds. The van der Waals surface area contributed by atoms with E-state index in [0.29, 0.717) is 12.2 Å². The molecule has 122 valence electrons. The maximum atomic E-state index is 12.1. The second kappa shape index (κ2) is 8.01. The Morgan fingerprint density at radius 2 is 1.71 bits per heavy atom. The molecule has 0 saturated carbocycles. The molecular formula is C18H19N5O. The predicted molar refractivity (Wildman–Crippen MR) is 93.8 cm³/mol. The van der Waals surface area contributed by atoms with Crippen molar-refractivity contribution in [1.82, 2.24) is 20.3 Å². The van der Waals surface area contributed by atoms with Crippen LogP contribution in [-0.4, -0.2) is 33.9 Å². The van der Waals surface area contributed by atoms with Gasteiger partial charge in [-0.25, -0.2) is 9.97 Å². The lowest BCUT2D eigenvalue weighted by Gasteiger charge is -2.07. The van der Waals surface area contributed by atoms with Crippen LogP contribution in [0, 0.1) is 0 Å². The van der Waals surface area contributed by atoms with E-state index in [1.165, 1.54) is 6.20 Å². The van der Waals surface area contributed by atoms with E-state index < -0.39 is 0 Å². The number of fused-ring (bicyclic) bond motifs is 1. The maximum Gasteiger partial charge on any atom is 0.271 e. The molecule has 0 saturated heterocycles. The normalized spacial score (nSPS) is 10.5. The summed E-state index contributed by atoms with van der Waals surface area (Å²) in [5.74, 6) is 0.680. The Morgan fingerprint density at radius 3 is 2.54 bits per heavy atom. The molecule has 3 rings (SSSR count). The van der Waals surface area contributed by atoms with Crippen LogP contribution in [-0.2, 0) is 0 Å². The molecule has 0 radical (unpaired) electrons. The van der Waals surface area contributed by atoms with Crippen LogP contribution in [0.4, 0.5) is 5.82 Å². The van der Waals surface area contributed by atoms with Gasteiger partial charge in [-0.2, -0.15) is 0 Å². The van der Waals surface area contributed by atoms with E-state index in [9.17, 15) is 4.79 Å². The van der Waals surface area contributed by atoms with Gasteiger partial charge in [0.05, 0.1) is 17.2 Å². The summed E-state index contributed by atoms with van der Waals surface area (Å²) >= 11 is 0. The van der Waals surface area contributed by atoms with Gasteiger partial charge in [-0.05, 0) is 37.1 Å². The van der Waals surface area contributed by atoms with Crippen molar-refractivity contribution in [2.24, 2.45) is 0 Å². The summed E-state index contributed by atoms with van der Waals surface area (Å²) in [5, 5.41) is 6.12. The number of para-hydroxylation sites is 2. The highest BCUT2D eigenvalue weighted by atomic mass is 16.1. The molecule has 0 aliphatic heterocycles. The Morgan fingerprint density at radius 1 is 0.917 bits per heavy atom. The van der Waals surface area contributed by atoms with Crippen LogP contribution < -0.4 is 10.6 Å². The number of nitrogens with one attached hydrogen (secondary N) is 2. The first-order chi connectivity index (χ1) is 11.8. The van der Waals surface area contributed by atoms with Crippen molar-refractivity contribution in [2.75, 3.05) is 18.4 Å². The van der Waals surface area contributed by atoms with Gasteiger partial charge in [0.2, 0.25) is 0 Å². The van der Waals surface area contributed by atoms with E-state index in [4.69, 9.17) is 0 Å². The lowest BCUT2D eigenvalue weighted by molar-refractivity contribution is 0.0948. The summed E-state index contributed by atoms with van der Waals surface area (Å²) in [6, 6.07) is 13.3. The van der Waals surface area contributed by atoms with Crippen molar-refractivity contribution < 1.29 is 4.79 Å². The molecule has 0 aliphatic rings. The average Bonchev–Trinajstić information content (AvgIpc) is 2.65. The molecule has 0 atom stereocenters. The molecular weight excluding hydrogens is 302 g/mol. The van der Waals surface area contributed by atoms with E-state index in [1.54, 1.807) is 6.20 Å². The number of benzene rings is 1. The van der Waals surface area contributed by atoms with Crippen LogP contribution in [0.5, 0.6) is 0 Å². The average molecular weight is 321 g/mol. The Bertz CT molecular complexity index is 807. The van der Waals surface area contributed by atoms with Gasteiger partial charge >= 0.3 is 0 Å². The summed E-state index contributed by atoms with van der Waals surface area (Å²) in [5.41, 5.74) is 1.86. The third-order valence-corrected chi connectivity index (χ3v) is 3.54. The molecule has 3 aromatic rings. The third kappa shape index (κ3) is 4.25. The lowest BCUT2D eigenvalue weighted by atomic mass is 10.2. The minimum atomic E-state index is -0.189. The number of hydrogen-bond acceptors (Lipinski definition) is 5. The number of unbranched alkanes of at least 4 members (excludes halogenated alkanes) is 1. The topological polar surface area (TPSA) is 79.8 Å². The Hall–Kier alpha value is -3.02. The number of aromatic nitrogens is 3. The van der Waals surface area contributed by atoms with E-state index in [1.807, 2.05) is 42.5 Å². The largest absolute Gasteiger partial charge is 0.370 e. The minimum absolute atomic E-state index is 0.189. The van der Waals surface area contributed by atoms with Crippen LogP contribution in [0.1, 0.15) is 23.3 Å². The molecule has 2 aromatic heterocycles. The number of hydrogen-bond donors (Lipinski definition) is 2. The van der Waals surface area contributed by atoms with Gasteiger partial charge in [0.15, 0.2) is 0 Å². The monoisotopic (exact) mass is 321 g/mol. The highest BCUT2D eigenvalue weighted by Crippen LogP contribution is 2.08. The Balaban J connectivity index is 1.40. The van der Waals surface area contributed by atoms with Gasteiger partial charge in [-0.3, -0.25) is 9.78 Å². The zero-order chi connectivity index (χ0) is 16.6. The van der Waals surface area contributed by atoms with Crippen LogP contribution in [0.15, 0.2) is 54.9 Å². The minimum Gasteiger partial charge on any atom is -0.370 e. The molecule has 0 aliphatic carbocycles. The van der Waals surface area contributed by atoms with Crippen molar-refractivity contribution in [3.05, 3.63) is 60.6 Å². The van der Waals surface area contributed by atoms with Crippen molar-refractivity contribution in [3.63, 3.8) is 0 Å². The number of carbonyl (C=O) groups excluding carboxylic acids is 1. The molecule has 24 heavy (non-hydrogen) atoms. The fourth-order valence-electron chi connectivity index (χ4n) is 2.29. The number of pyridine rings is 1. The zero-order valence-electron chi connectivity index (χ0n) is 13.3. The van der Waals surface area contributed by atoms with Crippen molar-refractivity contribution >= 4 is 22.8 Å². The van der Waals surface area contributed by atoms with E-state index in [2.05, 4.69) is 25.6 Å². The molecule has 0 fully saturated rings. The highest BCUT2D eigenvalue weighted by molar-refractivity contribution is 5.93. The Labute approximate surface area is 140 Å². The zero-order valence-corrected chi connectivity index (χ0v) is 13.3. The summed E-state index contributed by atoms with van der Waals surface area (Å²) in [7, 11) is 0. The van der Waals surface area contributed by atoms with Crippen LogP contribution >= 0.6 is 0 Å². The van der Waals surface area contributed by atoms with Gasteiger partial charge in [-0.15, -0.1) is 0 Å². The summed E-state index contributed by atoms with van der Waals surface area (Å²) < 4.78 is 0. The highest BCUT2D eigenvalue weighted by Gasteiger charge is 2.08. The lowest BCUT2D eigenvalue weighted by Crippen LogP contribution is -2.25. The predicted octanol–water partition coefficient (Wildman–Crippen LogP) is 2.65. The molecule has 1 aromatic carbocycles. The standard InChI is InChI=1S/C18H19N5O/c24-18(16-13-22-14-7-1-2-8-15(14)23-16)21-12-6-5-11-20-17-9-3-4-10-19-17/h1-4,7-10,13H,5-6,11-12H2,(H,19,20)(H,21,24). The molecule has 0 bridgehead atoms. The third-order valence-electron chi connectivity index (χ3n) is 3.54. The fraction of sp³-hybridized carbons (Fsp3) is 0.222. The molecule has 2 N–H and O–H groups in total. The maximum absolute atomic E-state index is 12.1. The number of amides is 1. The molecule has 0 spiro atoms. The smallest absolute Gasteiger partial charge is 0.271 e. The first-order valence-corrected chi connectivity index (χ1v) is 7.98. The van der Waals surface area contributed by atoms with E-state index >= 15 is 0 Å². The van der Waals surface area contributed by atoms with Crippen molar-refractivity contribution in [1.29, 1.82) is 0 Å². The SMILES string of the molecule is O=C(NCCCCNc1ccccn1)c1cnc2ccccc2n1. The van der Waals surface area contributed by atoms with Crippen molar-refractivity contribution in [3.8, 4) is 0 Å². The van der Waals surface area contributed by atoms with Crippen LogP contribution in [0.25, 0.3) is 11.0 Å². The number of anilines is 1. The fourth-order valence-corrected chi connectivity index (χ4v) is 2.29. The van der Waals surface area contributed by atoms with Crippen LogP contribution in [0.2, 0.25) is 0 Å². The van der Waals surface area contributed by atoms with Gasteiger partial charge in [0.25, 0.3) is 5.91 Å². The molecule has 0 unspecified atom stereocenters. The Kier molecular flexibility index (Phi) is 5.29. The second-order valence-electron chi connectivity index (χ2n) is 5.35.